The van der Waals surface area contributed by atoms with Crippen LogP contribution in [-0.2, 0) is 13.1 Å². The molecule has 2 saturated heterocycles. The summed E-state index contributed by atoms with van der Waals surface area (Å²) in [7, 11) is 1.68. The highest BCUT2D eigenvalue weighted by molar-refractivity contribution is 5.51. The molecule has 0 bridgehead atoms. The molecule has 0 aliphatic carbocycles. The number of anilines is 1. The van der Waals surface area contributed by atoms with Gasteiger partial charge in [0.2, 0.25) is 0 Å². The van der Waals surface area contributed by atoms with Gasteiger partial charge >= 0.3 is 5.63 Å². The van der Waals surface area contributed by atoms with Gasteiger partial charge in [-0.25, -0.2) is 4.79 Å². The SMILES string of the molecule is COc1cccc(N2CCN(Cc3coc(=O)c(CN4CCCCCC4)c3O)CC2)c1. The van der Waals surface area contributed by atoms with Gasteiger partial charge in [0, 0.05) is 56.6 Å². The number of methoxy groups -OCH3 is 1. The van der Waals surface area contributed by atoms with E-state index in [0.717, 1.165) is 63.5 Å². The Morgan fingerprint density at radius 1 is 0.968 bits per heavy atom. The normalized spacial score (nSPS) is 18.7. The largest absolute Gasteiger partial charge is 0.507 e. The molecule has 31 heavy (non-hydrogen) atoms. The number of hydrogen-bond donors (Lipinski definition) is 1. The van der Waals surface area contributed by atoms with Crippen molar-refractivity contribution < 1.29 is 14.3 Å². The van der Waals surface area contributed by atoms with Crippen LogP contribution >= 0.6 is 0 Å². The number of hydrogen-bond acceptors (Lipinski definition) is 7. The highest BCUT2D eigenvalue weighted by Crippen LogP contribution is 2.26. The average molecular weight is 428 g/mol. The Kier molecular flexibility index (Phi) is 7.14. The van der Waals surface area contributed by atoms with Crippen molar-refractivity contribution >= 4 is 5.69 Å². The molecule has 3 heterocycles. The summed E-state index contributed by atoms with van der Waals surface area (Å²) in [4.78, 5) is 19.2. The Balaban J connectivity index is 1.39. The minimum atomic E-state index is -0.423. The van der Waals surface area contributed by atoms with Crippen LogP contribution in [-0.4, -0.2) is 61.3 Å². The highest BCUT2D eigenvalue weighted by atomic mass is 16.5. The van der Waals surface area contributed by atoms with Crippen LogP contribution in [0.25, 0.3) is 0 Å². The van der Waals surface area contributed by atoms with Crippen LogP contribution in [0.1, 0.15) is 36.8 Å². The number of nitrogens with zero attached hydrogens (tertiary/aromatic N) is 3. The van der Waals surface area contributed by atoms with Crippen molar-refractivity contribution in [2.75, 3.05) is 51.3 Å². The fraction of sp³-hybridized carbons (Fsp3) is 0.542. The quantitative estimate of drug-likeness (QED) is 0.760. The predicted molar refractivity (Wildman–Crippen MR) is 121 cm³/mol. The Bertz CT molecular complexity index is 913. The highest BCUT2D eigenvalue weighted by Gasteiger charge is 2.22. The van der Waals surface area contributed by atoms with Crippen molar-refractivity contribution in [3.05, 3.63) is 52.1 Å². The van der Waals surface area contributed by atoms with E-state index in [1.807, 2.05) is 12.1 Å². The first-order chi connectivity index (χ1) is 15.1. The lowest BCUT2D eigenvalue weighted by molar-refractivity contribution is 0.239. The molecule has 0 atom stereocenters. The third kappa shape index (κ3) is 5.40. The van der Waals surface area contributed by atoms with Gasteiger partial charge in [-0.3, -0.25) is 9.80 Å². The van der Waals surface area contributed by atoms with E-state index in [1.54, 1.807) is 7.11 Å². The van der Waals surface area contributed by atoms with Crippen LogP contribution in [0.15, 0.2) is 39.7 Å². The fourth-order valence-corrected chi connectivity index (χ4v) is 4.52. The molecule has 4 rings (SSSR count). The maximum Gasteiger partial charge on any atom is 0.343 e. The first kappa shape index (κ1) is 21.7. The summed E-state index contributed by atoms with van der Waals surface area (Å²) in [6, 6.07) is 8.12. The topological polar surface area (TPSA) is 69.4 Å². The molecule has 1 aromatic heterocycles. The number of likely N-dealkylation sites (tertiary alicyclic amines) is 1. The minimum absolute atomic E-state index is 0.107. The van der Waals surface area contributed by atoms with Gasteiger partial charge in [-0.05, 0) is 38.1 Å². The van der Waals surface area contributed by atoms with Crippen molar-refractivity contribution in [2.45, 2.75) is 38.8 Å². The number of piperazine rings is 1. The molecule has 7 heteroatoms. The molecular weight excluding hydrogens is 394 g/mol. The lowest BCUT2D eigenvalue weighted by Gasteiger charge is -2.36. The van der Waals surface area contributed by atoms with E-state index in [-0.39, 0.29) is 5.75 Å². The zero-order valence-corrected chi connectivity index (χ0v) is 18.4. The number of rotatable bonds is 6. The molecule has 2 aliphatic heterocycles. The molecule has 2 aromatic rings. The Hall–Kier alpha value is -2.51. The van der Waals surface area contributed by atoms with Crippen molar-refractivity contribution in [1.29, 1.82) is 0 Å². The molecule has 0 radical (unpaired) electrons. The third-order valence-corrected chi connectivity index (χ3v) is 6.41. The summed E-state index contributed by atoms with van der Waals surface area (Å²) in [5, 5.41) is 10.9. The lowest BCUT2D eigenvalue weighted by Crippen LogP contribution is -2.46. The Labute approximate surface area is 183 Å². The van der Waals surface area contributed by atoms with E-state index in [4.69, 9.17) is 9.15 Å². The number of ether oxygens (including phenoxy) is 1. The summed E-state index contributed by atoms with van der Waals surface area (Å²) in [6.07, 6.45) is 6.18. The number of aromatic hydroxyl groups is 1. The smallest absolute Gasteiger partial charge is 0.343 e. The zero-order valence-electron chi connectivity index (χ0n) is 18.4. The van der Waals surface area contributed by atoms with Gasteiger partial charge in [0.15, 0.2) is 0 Å². The van der Waals surface area contributed by atoms with Gasteiger partial charge in [-0.2, -0.15) is 0 Å². The maximum atomic E-state index is 12.3. The van der Waals surface area contributed by atoms with Crippen LogP contribution in [0, 0.1) is 0 Å². The third-order valence-electron chi connectivity index (χ3n) is 6.41. The second kappa shape index (κ2) is 10.2. The first-order valence-corrected chi connectivity index (χ1v) is 11.3. The molecule has 2 fully saturated rings. The van der Waals surface area contributed by atoms with Gasteiger partial charge in [0.25, 0.3) is 0 Å². The summed E-state index contributed by atoms with van der Waals surface area (Å²) in [5.74, 6) is 0.969. The van der Waals surface area contributed by atoms with Gasteiger partial charge in [0.1, 0.15) is 17.8 Å². The van der Waals surface area contributed by atoms with Crippen molar-refractivity contribution in [3.8, 4) is 11.5 Å². The molecule has 0 unspecified atom stereocenters. The molecule has 1 aromatic carbocycles. The molecule has 1 N–H and O–H groups in total. The van der Waals surface area contributed by atoms with E-state index in [2.05, 4.69) is 26.8 Å². The zero-order chi connectivity index (χ0) is 21.6. The van der Waals surface area contributed by atoms with Crippen LogP contribution in [0.3, 0.4) is 0 Å². The van der Waals surface area contributed by atoms with Gasteiger partial charge < -0.3 is 19.2 Å². The van der Waals surface area contributed by atoms with Crippen molar-refractivity contribution in [3.63, 3.8) is 0 Å². The van der Waals surface area contributed by atoms with Crippen molar-refractivity contribution in [1.82, 2.24) is 9.80 Å². The molecule has 7 nitrogen and oxygen atoms in total. The second-order valence-corrected chi connectivity index (χ2v) is 8.53. The first-order valence-electron chi connectivity index (χ1n) is 11.3. The van der Waals surface area contributed by atoms with Crippen molar-refractivity contribution in [2.24, 2.45) is 0 Å². The fourth-order valence-electron chi connectivity index (χ4n) is 4.52. The van der Waals surface area contributed by atoms with Crippen LogP contribution in [0.2, 0.25) is 0 Å². The summed E-state index contributed by atoms with van der Waals surface area (Å²) in [6.45, 7) is 6.51. The Morgan fingerprint density at radius 3 is 2.39 bits per heavy atom. The summed E-state index contributed by atoms with van der Waals surface area (Å²) >= 11 is 0. The standard InChI is InChI=1S/C24H33N3O4/c1-30-21-8-6-7-20(15-21)27-13-11-26(12-14-27)16-19-18-31-24(29)22(23(19)28)17-25-9-4-2-3-5-10-25/h6-8,15,18,28H,2-5,9-14,16-17H2,1H3. The van der Waals surface area contributed by atoms with E-state index >= 15 is 0 Å². The minimum Gasteiger partial charge on any atom is -0.507 e. The van der Waals surface area contributed by atoms with Crippen LogP contribution < -0.4 is 15.3 Å². The molecular formula is C24H33N3O4. The molecule has 168 valence electrons. The maximum absolute atomic E-state index is 12.3. The lowest BCUT2D eigenvalue weighted by atomic mass is 10.1. The van der Waals surface area contributed by atoms with Crippen LogP contribution in [0.4, 0.5) is 5.69 Å². The average Bonchev–Trinajstić information content (AvgIpc) is 3.08. The Morgan fingerprint density at radius 2 is 1.68 bits per heavy atom. The summed E-state index contributed by atoms with van der Waals surface area (Å²) < 4.78 is 10.6. The van der Waals surface area contributed by atoms with E-state index in [9.17, 15) is 9.90 Å². The summed E-state index contributed by atoms with van der Waals surface area (Å²) in [5.41, 5.74) is 1.83. The van der Waals surface area contributed by atoms with E-state index in [0.29, 0.717) is 24.2 Å². The number of benzene rings is 1. The molecule has 0 amide bonds. The van der Waals surface area contributed by atoms with E-state index < -0.39 is 5.63 Å². The molecule has 0 spiro atoms. The van der Waals surface area contributed by atoms with Crippen LogP contribution in [0.5, 0.6) is 11.5 Å². The molecule has 0 saturated carbocycles. The van der Waals surface area contributed by atoms with Gasteiger partial charge in [-0.1, -0.05) is 18.9 Å². The van der Waals surface area contributed by atoms with E-state index in [1.165, 1.54) is 19.1 Å². The monoisotopic (exact) mass is 427 g/mol. The second-order valence-electron chi connectivity index (χ2n) is 8.53. The van der Waals surface area contributed by atoms with Gasteiger partial charge in [0.05, 0.1) is 12.7 Å². The van der Waals surface area contributed by atoms with Gasteiger partial charge in [-0.15, -0.1) is 0 Å². The predicted octanol–water partition coefficient (Wildman–Crippen LogP) is 3.05. The molecule has 2 aliphatic rings.